The van der Waals surface area contributed by atoms with E-state index in [2.05, 4.69) is 4.72 Å². The Bertz CT molecular complexity index is 538. The SMILES string of the molecule is COCCS(=O)(=O)Nc1ccc(C(=O)O)cc1C. The standard InChI is InChI=1S/C11H15NO5S/c1-8-7-9(11(13)14)3-4-10(8)12-18(15,16)6-5-17-2/h3-4,7,12H,5-6H2,1-2H3,(H,13,14). The van der Waals surface area contributed by atoms with Crippen LogP contribution in [0.3, 0.4) is 0 Å². The van der Waals surface area contributed by atoms with Gasteiger partial charge < -0.3 is 9.84 Å². The number of aryl methyl sites for hydroxylation is 1. The number of hydrogen-bond acceptors (Lipinski definition) is 4. The van der Waals surface area contributed by atoms with Crippen LogP contribution in [0.5, 0.6) is 0 Å². The average Bonchev–Trinajstić information content (AvgIpc) is 2.29. The van der Waals surface area contributed by atoms with Crippen LogP contribution in [0, 0.1) is 6.92 Å². The van der Waals surface area contributed by atoms with Crippen LogP contribution in [-0.4, -0.2) is 39.0 Å². The van der Waals surface area contributed by atoms with Crippen molar-refractivity contribution in [3.05, 3.63) is 29.3 Å². The van der Waals surface area contributed by atoms with Crippen LogP contribution >= 0.6 is 0 Å². The van der Waals surface area contributed by atoms with Gasteiger partial charge >= 0.3 is 5.97 Å². The first-order valence-electron chi connectivity index (χ1n) is 5.19. The van der Waals surface area contributed by atoms with Gasteiger partial charge in [-0.25, -0.2) is 13.2 Å². The molecule has 6 nitrogen and oxygen atoms in total. The minimum absolute atomic E-state index is 0.0988. The average molecular weight is 273 g/mol. The van der Waals surface area contributed by atoms with Crippen molar-refractivity contribution in [1.29, 1.82) is 0 Å². The molecular formula is C11H15NO5S. The summed E-state index contributed by atoms with van der Waals surface area (Å²) < 4.78 is 30.3. The van der Waals surface area contributed by atoms with Gasteiger partial charge in [0.15, 0.2) is 0 Å². The molecule has 0 aliphatic heterocycles. The fraction of sp³-hybridized carbons (Fsp3) is 0.364. The van der Waals surface area contributed by atoms with Crippen molar-refractivity contribution >= 4 is 21.7 Å². The monoisotopic (exact) mass is 273 g/mol. The predicted molar refractivity (Wildman–Crippen MR) is 67.4 cm³/mol. The summed E-state index contributed by atoms with van der Waals surface area (Å²) in [7, 11) is -2.06. The Morgan fingerprint density at radius 2 is 2.11 bits per heavy atom. The molecule has 18 heavy (non-hydrogen) atoms. The van der Waals surface area contributed by atoms with E-state index in [4.69, 9.17) is 9.84 Å². The molecule has 0 radical (unpaired) electrons. The zero-order valence-electron chi connectivity index (χ0n) is 10.1. The van der Waals surface area contributed by atoms with Crippen molar-refractivity contribution in [3.63, 3.8) is 0 Å². The summed E-state index contributed by atoms with van der Waals surface area (Å²) in [5, 5.41) is 8.79. The van der Waals surface area contributed by atoms with Crippen LogP contribution in [0.15, 0.2) is 18.2 Å². The predicted octanol–water partition coefficient (Wildman–Crippen LogP) is 1.08. The number of anilines is 1. The number of benzene rings is 1. The zero-order chi connectivity index (χ0) is 13.8. The maximum Gasteiger partial charge on any atom is 0.335 e. The fourth-order valence-electron chi connectivity index (χ4n) is 1.32. The van der Waals surface area contributed by atoms with E-state index in [1.54, 1.807) is 6.92 Å². The Balaban J connectivity index is 2.89. The number of nitrogens with one attached hydrogen (secondary N) is 1. The third kappa shape index (κ3) is 4.01. The van der Waals surface area contributed by atoms with E-state index in [-0.39, 0.29) is 17.9 Å². The van der Waals surface area contributed by atoms with Gasteiger partial charge in [0, 0.05) is 7.11 Å². The molecule has 7 heteroatoms. The van der Waals surface area contributed by atoms with Crippen LogP contribution in [0.4, 0.5) is 5.69 Å². The van der Waals surface area contributed by atoms with Crippen LogP contribution in [0.2, 0.25) is 0 Å². The quantitative estimate of drug-likeness (QED) is 0.809. The number of aromatic carboxylic acids is 1. The number of sulfonamides is 1. The molecule has 100 valence electrons. The van der Waals surface area contributed by atoms with Crippen molar-refractivity contribution in [1.82, 2.24) is 0 Å². The van der Waals surface area contributed by atoms with E-state index in [0.717, 1.165) is 0 Å². The van der Waals surface area contributed by atoms with Gasteiger partial charge in [-0.1, -0.05) is 0 Å². The minimum Gasteiger partial charge on any atom is -0.478 e. The number of carboxylic acids is 1. The molecule has 2 N–H and O–H groups in total. The molecule has 0 fully saturated rings. The lowest BCUT2D eigenvalue weighted by Crippen LogP contribution is -2.20. The second kappa shape index (κ2) is 5.83. The molecule has 1 aromatic carbocycles. The number of methoxy groups -OCH3 is 1. The maximum absolute atomic E-state index is 11.6. The third-order valence-electron chi connectivity index (χ3n) is 2.30. The third-order valence-corrected chi connectivity index (χ3v) is 3.53. The molecule has 0 amide bonds. The highest BCUT2D eigenvalue weighted by Gasteiger charge is 2.12. The van der Waals surface area contributed by atoms with E-state index in [1.165, 1.54) is 25.3 Å². The van der Waals surface area contributed by atoms with E-state index in [1.807, 2.05) is 0 Å². The second-order valence-corrected chi connectivity index (χ2v) is 5.59. The second-order valence-electron chi connectivity index (χ2n) is 3.75. The molecule has 0 aromatic heterocycles. The number of carbonyl (C=O) groups is 1. The van der Waals surface area contributed by atoms with Crippen molar-refractivity contribution in [2.75, 3.05) is 24.2 Å². The van der Waals surface area contributed by atoms with Crippen LogP contribution in [0.25, 0.3) is 0 Å². The zero-order valence-corrected chi connectivity index (χ0v) is 11.0. The Morgan fingerprint density at radius 3 is 2.61 bits per heavy atom. The smallest absolute Gasteiger partial charge is 0.335 e. The largest absolute Gasteiger partial charge is 0.478 e. The van der Waals surface area contributed by atoms with Gasteiger partial charge in [0.25, 0.3) is 0 Å². The first-order valence-corrected chi connectivity index (χ1v) is 6.84. The van der Waals surface area contributed by atoms with E-state index >= 15 is 0 Å². The van der Waals surface area contributed by atoms with Gasteiger partial charge in [0.05, 0.1) is 23.6 Å². The maximum atomic E-state index is 11.6. The molecule has 0 saturated carbocycles. The van der Waals surface area contributed by atoms with E-state index in [9.17, 15) is 13.2 Å². The lowest BCUT2D eigenvalue weighted by atomic mass is 10.1. The molecule has 1 aromatic rings. The molecule has 0 unspecified atom stereocenters. The molecule has 0 saturated heterocycles. The van der Waals surface area contributed by atoms with Gasteiger partial charge in [0.1, 0.15) is 0 Å². The summed E-state index contributed by atoms with van der Waals surface area (Å²) in [6.45, 7) is 1.74. The first-order chi connectivity index (χ1) is 8.35. The van der Waals surface area contributed by atoms with Gasteiger partial charge in [0.2, 0.25) is 10.0 Å². The summed E-state index contributed by atoms with van der Waals surface area (Å²) in [6.07, 6.45) is 0. The van der Waals surface area contributed by atoms with Gasteiger partial charge in [-0.2, -0.15) is 0 Å². The molecule has 0 atom stereocenters. The van der Waals surface area contributed by atoms with Gasteiger partial charge in [-0.15, -0.1) is 0 Å². The molecule has 1 rings (SSSR count). The first kappa shape index (κ1) is 14.5. The van der Waals surface area contributed by atoms with E-state index in [0.29, 0.717) is 11.3 Å². The summed E-state index contributed by atoms with van der Waals surface area (Å²) in [5.41, 5.74) is 1.04. The van der Waals surface area contributed by atoms with Gasteiger partial charge in [-0.3, -0.25) is 4.72 Å². The Morgan fingerprint density at radius 1 is 1.44 bits per heavy atom. The highest BCUT2D eigenvalue weighted by Crippen LogP contribution is 2.18. The topological polar surface area (TPSA) is 92.7 Å². The van der Waals surface area contributed by atoms with Crippen LogP contribution < -0.4 is 4.72 Å². The van der Waals surface area contributed by atoms with Crippen LogP contribution in [-0.2, 0) is 14.8 Å². The number of ether oxygens (including phenoxy) is 1. The summed E-state index contributed by atoms with van der Waals surface area (Å²) in [4.78, 5) is 10.7. The summed E-state index contributed by atoms with van der Waals surface area (Å²) in [6, 6.07) is 4.20. The van der Waals surface area contributed by atoms with Crippen molar-refractivity contribution in [3.8, 4) is 0 Å². The lowest BCUT2D eigenvalue weighted by molar-refractivity contribution is 0.0697. The highest BCUT2D eigenvalue weighted by atomic mass is 32.2. The van der Waals surface area contributed by atoms with Gasteiger partial charge in [-0.05, 0) is 30.7 Å². The Labute approximate surface area is 106 Å². The minimum atomic E-state index is -3.47. The molecular weight excluding hydrogens is 258 g/mol. The number of hydrogen-bond donors (Lipinski definition) is 2. The van der Waals surface area contributed by atoms with Crippen molar-refractivity contribution in [2.24, 2.45) is 0 Å². The molecule has 0 aliphatic carbocycles. The van der Waals surface area contributed by atoms with Crippen LogP contribution in [0.1, 0.15) is 15.9 Å². The van der Waals surface area contributed by atoms with Crippen molar-refractivity contribution in [2.45, 2.75) is 6.92 Å². The fourth-order valence-corrected chi connectivity index (χ4v) is 2.38. The molecule has 0 aliphatic rings. The molecule has 0 heterocycles. The lowest BCUT2D eigenvalue weighted by Gasteiger charge is -2.10. The number of carboxylic acid groups (broad SMARTS) is 1. The highest BCUT2D eigenvalue weighted by molar-refractivity contribution is 7.92. The Hall–Kier alpha value is -1.60. The number of rotatable bonds is 6. The molecule has 0 bridgehead atoms. The summed E-state index contributed by atoms with van der Waals surface area (Å²) in [5.74, 6) is -1.20. The Kier molecular flexibility index (Phi) is 4.69. The summed E-state index contributed by atoms with van der Waals surface area (Å²) >= 11 is 0. The molecule has 0 spiro atoms. The van der Waals surface area contributed by atoms with Crippen molar-refractivity contribution < 1.29 is 23.1 Å². The van der Waals surface area contributed by atoms with E-state index < -0.39 is 16.0 Å². The normalized spacial score (nSPS) is 11.2.